The normalized spacial score (nSPS) is 13.6. The molecule has 2 aromatic heterocycles. The second-order valence-corrected chi connectivity index (χ2v) is 5.86. The SMILES string of the molecule is C1=Cn2c(nc3c4ccccc4nc(-c4ccccc4)c32)CC1. The molecule has 0 bridgehead atoms. The molecule has 1 aliphatic heterocycles. The fourth-order valence-electron chi connectivity index (χ4n) is 3.36. The number of pyridine rings is 1. The lowest BCUT2D eigenvalue weighted by Gasteiger charge is -2.11. The van der Waals surface area contributed by atoms with E-state index in [2.05, 4.69) is 59.3 Å². The van der Waals surface area contributed by atoms with Gasteiger partial charge in [0.2, 0.25) is 0 Å². The molecule has 23 heavy (non-hydrogen) atoms. The summed E-state index contributed by atoms with van der Waals surface area (Å²) in [6, 6.07) is 18.6. The van der Waals surface area contributed by atoms with Gasteiger partial charge >= 0.3 is 0 Å². The summed E-state index contributed by atoms with van der Waals surface area (Å²) in [5.41, 5.74) is 5.30. The topological polar surface area (TPSA) is 30.7 Å². The second kappa shape index (κ2) is 4.78. The van der Waals surface area contributed by atoms with Crippen molar-refractivity contribution >= 4 is 28.1 Å². The number of benzene rings is 2. The summed E-state index contributed by atoms with van der Waals surface area (Å²) in [7, 11) is 0. The first-order valence-corrected chi connectivity index (χ1v) is 7.93. The number of hydrogen-bond donors (Lipinski definition) is 0. The van der Waals surface area contributed by atoms with Gasteiger partial charge in [-0.25, -0.2) is 9.97 Å². The van der Waals surface area contributed by atoms with Crippen LogP contribution in [0.3, 0.4) is 0 Å². The summed E-state index contributed by atoms with van der Waals surface area (Å²) < 4.78 is 2.21. The van der Waals surface area contributed by atoms with Gasteiger partial charge in [-0.1, -0.05) is 54.6 Å². The summed E-state index contributed by atoms with van der Waals surface area (Å²) in [6.45, 7) is 0. The maximum atomic E-state index is 4.96. The molecule has 0 unspecified atom stereocenters. The van der Waals surface area contributed by atoms with Crippen molar-refractivity contribution in [2.75, 3.05) is 0 Å². The standard InChI is InChI=1S/C20H15N3/c1-2-8-14(9-3-1)18-20-19(15-10-4-5-11-16(15)21-18)22-17-12-6-7-13-23(17)20/h1-5,7-11,13H,6,12H2. The minimum absolute atomic E-state index is 0.980. The van der Waals surface area contributed by atoms with Crippen LogP contribution in [0.15, 0.2) is 60.7 Å². The van der Waals surface area contributed by atoms with E-state index in [0.29, 0.717) is 0 Å². The van der Waals surface area contributed by atoms with Gasteiger partial charge < -0.3 is 4.57 Å². The predicted octanol–water partition coefficient (Wildman–Crippen LogP) is 4.67. The molecule has 1 aliphatic rings. The third kappa shape index (κ3) is 1.83. The van der Waals surface area contributed by atoms with Gasteiger partial charge in [-0.3, -0.25) is 0 Å². The van der Waals surface area contributed by atoms with Crippen molar-refractivity contribution in [1.82, 2.24) is 14.5 Å². The van der Waals surface area contributed by atoms with Crippen molar-refractivity contribution in [2.45, 2.75) is 12.8 Å². The molecule has 0 spiro atoms. The van der Waals surface area contributed by atoms with Crippen molar-refractivity contribution in [3.8, 4) is 11.3 Å². The molecule has 3 heteroatoms. The number of fused-ring (bicyclic) bond motifs is 5. The molecule has 0 atom stereocenters. The minimum Gasteiger partial charge on any atom is -0.301 e. The van der Waals surface area contributed by atoms with Gasteiger partial charge in [-0.05, 0) is 12.5 Å². The summed E-state index contributed by atoms with van der Waals surface area (Å²) in [6.07, 6.45) is 6.37. The van der Waals surface area contributed by atoms with Crippen molar-refractivity contribution < 1.29 is 0 Å². The molecule has 2 aromatic carbocycles. The smallest absolute Gasteiger partial charge is 0.114 e. The highest BCUT2D eigenvalue weighted by Gasteiger charge is 2.19. The van der Waals surface area contributed by atoms with E-state index < -0.39 is 0 Å². The van der Waals surface area contributed by atoms with Crippen molar-refractivity contribution in [3.63, 3.8) is 0 Å². The third-order valence-electron chi connectivity index (χ3n) is 4.44. The summed E-state index contributed by atoms with van der Waals surface area (Å²) in [4.78, 5) is 9.90. The molecule has 0 saturated heterocycles. The minimum atomic E-state index is 0.980. The van der Waals surface area contributed by atoms with Gasteiger partial charge in [0, 0.05) is 23.6 Å². The van der Waals surface area contributed by atoms with Crippen LogP contribution in [0.1, 0.15) is 12.2 Å². The van der Waals surface area contributed by atoms with Gasteiger partial charge in [-0.15, -0.1) is 0 Å². The Balaban J connectivity index is 1.99. The van der Waals surface area contributed by atoms with Gasteiger partial charge in [0.15, 0.2) is 0 Å². The monoisotopic (exact) mass is 297 g/mol. The van der Waals surface area contributed by atoms with Crippen LogP contribution in [0.2, 0.25) is 0 Å². The number of aromatic nitrogens is 3. The molecule has 0 N–H and O–H groups in total. The fraction of sp³-hybridized carbons (Fsp3) is 0.100. The molecule has 0 fully saturated rings. The van der Waals surface area contributed by atoms with Crippen LogP contribution >= 0.6 is 0 Å². The van der Waals surface area contributed by atoms with Crippen LogP contribution in [0.4, 0.5) is 0 Å². The zero-order valence-corrected chi connectivity index (χ0v) is 12.6. The maximum Gasteiger partial charge on any atom is 0.114 e. The Morgan fingerprint density at radius 2 is 1.70 bits per heavy atom. The van der Waals surface area contributed by atoms with Gasteiger partial charge in [0.1, 0.15) is 11.3 Å². The Morgan fingerprint density at radius 1 is 0.870 bits per heavy atom. The van der Waals surface area contributed by atoms with Gasteiger partial charge in [-0.2, -0.15) is 0 Å². The van der Waals surface area contributed by atoms with Crippen molar-refractivity contribution in [1.29, 1.82) is 0 Å². The predicted molar refractivity (Wildman–Crippen MR) is 94.1 cm³/mol. The Kier molecular flexibility index (Phi) is 2.62. The average Bonchev–Trinajstić information content (AvgIpc) is 3.02. The van der Waals surface area contributed by atoms with E-state index in [4.69, 9.17) is 9.97 Å². The molecule has 5 rings (SSSR count). The first-order valence-electron chi connectivity index (χ1n) is 7.93. The molecular formula is C20H15N3. The van der Waals surface area contributed by atoms with Crippen LogP contribution < -0.4 is 0 Å². The number of hydrogen-bond acceptors (Lipinski definition) is 2. The van der Waals surface area contributed by atoms with Crippen LogP contribution in [-0.4, -0.2) is 14.5 Å². The third-order valence-corrected chi connectivity index (χ3v) is 4.44. The Bertz CT molecular complexity index is 1060. The quantitative estimate of drug-likeness (QED) is 0.511. The van der Waals surface area contributed by atoms with E-state index in [1.165, 1.54) is 0 Å². The number of rotatable bonds is 1. The Hall–Kier alpha value is -2.94. The highest BCUT2D eigenvalue weighted by Crippen LogP contribution is 2.34. The molecule has 0 saturated carbocycles. The first kappa shape index (κ1) is 12.6. The number of para-hydroxylation sites is 1. The number of aryl methyl sites for hydroxylation is 1. The number of allylic oxidation sites excluding steroid dienone is 1. The first-order chi connectivity index (χ1) is 11.4. The molecule has 4 aromatic rings. The highest BCUT2D eigenvalue weighted by molar-refractivity contribution is 6.08. The van der Waals surface area contributed by atoms with Crippen LogP contribution in [-0.2, 0) is 6.42 Å². The summed E-state index contributed by atoms with van der Waals surface area (Å²) >= 11 is 0. The molecule has 0 radical (unpaired) electrons. The molecule has 3 nitrogen and oxygen atoms in total. The van der Waals surface area contributed by atoms with Gasteiger partial charge in [0.05, 0.1) is 16.7 Å². The lowest BCUT2D eigenvalue weighted by atomic mass is 10.1. The number of nitrogens with zero attached hydrogens (tertiary/aromatic N) is 3. The zero-order chi connectivity index (χ0) is 15.2. The Labute approximate surface area is 133 Å². The van der Waals surface area contributed by atoms with E-state index >= 15 is 0 Å². The summed E-state index contributed by atoms with van der Waals surface area (Å²) in [5, 5.41) is 1.12. The second-order valence-electron chi connectivity index (χ2n) is 5.86. The van der Waals surface area contributed by atoms with Gasteiger partial charge in [0.25, 0.3) is 0 Å². The molecule has 0 aliphatic carbocycles. The zero-order valence-electron chi connectivity index (χ0n) is 12.6. The maximum absolute atomic E-state index is 4.96. The fourth-order valence-corrected chi connectivity index (χ4v) is 3.36. The summed E-state index contributed by atoms with van der Waals surface area (Å²) in [5.74, 6) is 1.12. The van der Waals surface area contributed by atoms with Crippen molar-refractivity contribution in [2.24, 2.45) is 0 Å². The Morgan fingerprint density at radius 3 is 2.61 bits per heavy atom. The van der Waals surface area contributed by atoms with E-state index in [9.17, 15) is 0 Å². The average molecular weight is 297 g/mol. The largest absolute Gasteiger partial charge is 0.301 e. The van der Waals surface area contributed by atoms with Crippen LogP contribution in [0.5, 0.6) is 0 Å². The number of imidazole rings is 1. The lowest BCUT2D eigenvalue weighted by Crippen LogP contribution is -2.01. The van der Waals surface area contributed by atoms with Crippen LogP contribution in [0, 0.1) is 0 Å². The molecule has 0 amide bonds. The molecule has 3 heterocycles. The highest BCUT2D eigenvalue weighted by atomic mass is 15.1. The van der Waals surface area contributed by atoms with Crippen molar-refractivity contribution in [3.05, 3.63) is 66.5 Å². The molecular weight excluding hydrogens is 282 g/mol. The molecule has 110 valence electrons. The van der Waals surface area contributed by atoms with E-state index in [0.717, 1.165) is 51.9 Å². The lowest BCUT2D eigenvalue weighted by molar-refractivity contribution is 0.848. The van der Waals surface area contributed by atoms with E-state index in [1.54, 1.807) is 0 Å². The van der Waals surface area contributed by atoms with E-state index in [-0.39, 0.29) is 0 Å². The van der Waals surface area contributed by atoms with Crippen LogP contribution in [0.25, 0.3) is 39.4 Å². The van der Waals surface area contributed by atoms with E-state index in [1.807, 2.05) is 12.1 Å².